The van der Waals surface area contributed by atoms with Crippen molar-refractivity contribution < 1.29 is 0 Å². The van der Waals surface area contributed by atoms with Gasteiger partial charge in [-0.1, -0.05) is 30.3 Å². The molecule has 0 saturated heterocycles. The van der Waals surface area contributed by atoms with Crippen LogP contribution in [0.4, 0.5) is 0 Å². The Morgan fingerprint density at radius 2 is 1.93 bits per heavy atom. The molecular formula is C13H18N2. The minimum absolute atomic E-state index is 0.0538. The maximum Gasteiger partial charge on any atom is 0.0635 e. The molecule has 1 aromatic carbocycles. The fourth-order valence-corrected chi connectivity index (χ4v) is 1.63. The van der Waals surface area contributed by atoms with Crippen LogP contribution in [-0.4, -0.2) is 12.1 Å². The van der Waals surface area contributed by atoms with Gasteiger partial charge in [0.25, 0.3) is 0 Å². The summed E-state index contributed by atoms with van der Waals surface area (Å²) >= 11 is 0. The standard InChI is InChI=1S/C13H18N2/c1-13(2,15-10-6-9-14)11-12-7-4-3-5-8-12/h3-5,7-8,15H,6,10-11H2,1-2H3. The molecule has 0 spiro atoms. The number of benzene rings is 1. The van der Waals surface area contributed by atoms with Crippen molar-refractivity contribution in [3.05, 3.63) is 35.9 Å². The second kappa shape index (κ2) is 5.53. The minimum atomic E-state index is 0.0538. The zero-order valence-electron chi connectivity index (χ0n) is 9.46. The SMILES string of the molecule is CC(C)(Cc1ccccc1)NCCC#N. The van der Waals surface area contributed by atoms with Crippen LogP contribution in [0.2, 0.25) is 0 Å². The number of rotatable bonds is 5. The monoisotopic (exact) mass is 202 g/mol. The predicted molar refractivity (Wildman–Crippen MR) is 62.5 cm³/mol. The van der Waals surface area contributed by atoms with E-state index in [0.29, 0.717) is 6.42 Å². The van der Waals surface area contributed by atoms with Crippen LogP contribution < -0.4 is 5.32 Å². The lowest BCUT2D eigenvalue weighted by atomic mass is 9.95. The highest BCUT2D eigenvalue weighted by molar-refractivity contribution is 5.17. The van der Waals surface area contributed by atoms with Crippen LogP contribution in [0.25, 0.3) is 0 Å². The molecular weight excluding hydrogens is 184 g/mol. The molecule has 0 saturated carbocycles. The van der Waals surface area contributed by atoms with Crippen LogP contribution in [-0.2, 0) is 6.42 Å². The molecule has 0 heterocycles. The van der Waals surface area contributed by atoms with Gasteiger partial charge in [-0.25, -0.2) is 0 Å². The molecule has 0 aliphatic carbocycles. The molecule has 0 fully saturated rings. The highest BCUT2D eigenvalue weighted by Gasteiger charge is 2.16. The molecule has 0 aromatic heterocycles. The van der Waals surface area contributed by atoms with E-state index in [9.17, 15) is 0 Å². The average Bonchev–Trinajstić information content (AvgIpc) is 2.18. The molecule has 0 radical (unpaired) electrons. The van der Waals surface area contributed by atoms with Gasteiger partial charge in [-0.2, -0.15) is 5.26 Å². The van der Waals surface area contributed by atoms with E-state index in [1.165, 1.54) is 5.56 Å². The second-order valence-electron chi connectivity index (χ2n) is 4.38. The topological polar surface area (TPSA) is 35.8 Å². The lowest BCUT2D eigenvalue weighted by molar-refractivity contribution is 0.391. The molecule has 2 nitrogen and oxygen atoms in total. The summed E-state index contributed by atoms with van der Waals surface area (Å²) in [4.78, 5) is 0. The number of nitriles is 1. The van der Waals surface area contributed by atoms with Crippen LogP contribution >= 0.6 is 0 Å². The lowest BCUT2D eigenvalue weighted by Gasteiger charge is -2.26. The number of nitrogens with zero attached hydrogens (tertiary/aromatic N) is 1. The molecule has 1 aromatic rings. The summed E-state index contributed by atoms with van der Waals surface area (Å²) in [5.41, 5.74) is 1.38. The van der Waals surface area contributed by atoms with E-state index >= 15 is 0 Å². The number of hydrogen-bond donors (Lipinski definition) is 1. The molecule has 1 N–H and O–H groups in total. The Kier molecular flexibility index (Phi) is 4.33. The molecule has 0 atom stereocenters. The normalized spacial score (nSPS) is 11.0. The van der Waals surface area contributed by atoms with E-state index in [4.69, 9.17) is 5.26 Å². The van der Waals surface area contributed by atoms with Gasteiger partial charge in [0, 0.05) is 18.5 Å². The van der Waals surface area contributed by atoms with Crippen molar-refractivity contribution in [2.75, 3.05) is 6.54 Å². The minimum Gasteiger partial charge on any atom is -0.310 e. The largest absolute Gasteiger partial charge is 0.310 e. The van der Waals surface area contributed by atoms with E-state index in [0.717, 1.165) is 13.0 Å². The molecule has 0 bridgehead atoms. The summed E-state index contributed by atoms with van der Waals surface area (Å²) in [5, 5.41) is 11.8. The lowest BCUT2D eigenvalue weighted by Crippen LogP contribution is -2.41. The number of hydrogen-bond acceptors (Lipinski definition) is 2. The van der Waals surface area contributed by atoms with Gasteiger partial charge >= 0.3 is 0 Å². The molecule has 0 unspecified atom stereocenters. The fourth-order valence-electron chi connectivity index (χ4n) is 1.63. The predicted octanol–water partition coefficient (Wildman–Crippen LogP) is 2.51. The Balaban J connectivity index is 2.46. The molecule has 0 amide bonds. The van der Waals surface area contributed by atoms with Crippen molar-refractivity contribution in [3.63, 3.8) is 0 Å². The first-order valence-corrected chi connectivity index (χ1v) is 5.30. The zero-order valence-corrected chi connectivity index (χ0v) is 9.46. The van der Waals surface area contributed by atoms with Crippen LogP contribution in [0.3, 0.4) is 0 Å². The molecule has 0 aliphatic rings. The van der Waals surface area contributed by atoms with Gasteiger partial charge in [0.15, 0.2) is 0 Å². The van der Waals surface area contributed by atoms with Crippen molar-refractivity contribution in [1.82, 2.24) is 5.32 Å². The first-order chi connectivity index (χ1) is 7.14. The van der Waals surface area contributed by atoms with Crippen LogP contribution in [0.15, 0.2) is 30.3 Å². The molecule has 2 heteroatoms. The van der Waals surface area contributed by atoms with Crippen molar-refractivity contribution in [3.8, 4) is 6.07 Å². The Morgan fingerprint density at radius 3 is 2.53 bits per heavy atom. The van der Waals surface area contributed by atoms with Gasteiger partial charge in [-0.05, 0) is 25.8 Å². The van der Waals surface area contributed by atoms with Crippen molar-refractivity contribution >= 4 is 0 Å². The third-order valence-corrected chi connectivity index (χ3v) is 2.33. The fraction of sp³-hybridized carbons (Fsp3) is 0.462. The zero-order chi connectivity index (χ0) is 11.1. The van der Waals surface area contributed by atoms with Gasteiger partial charge in [0.2, 0.25) is 0 Å². The van der Waals surface area contributed by atoms with E-state index in [1.54, 1.807) is 0 Å². The third kappa shape index (κ3) is 4.62. The van der Waals surface area contributed by atoms with E-state index in [2.05, 4.69) is 49.5 Å². The quantitative estimate of drug-likeness (QED) is 0.745. The van der Waals surface area contributed by atoms with Crippen LogP contribution in [0.5, 0.6) is 0 Å². The molecule has 80 valence electrons. The Morgan fingerprint density at radius 1 is 1.27 bits per heavy atom. The Hall–Kier alpha value is -1.33. The maximum atomic E-state index is 8.46. The summed E-state index contributed by atoms with van der Waals surface area (Å²) in [6.45, 7) is 5.09. The van der Waals surface area contributed by atoms with Gasteiger partial charge in [0.1, 0.15) is 0 Å². The van der Waals surface area contributed by atoms with Crippen molar-refractivity contribution in [1.29, 1.82) is 5.26 Å². The third-order valence-electron chi connectivity index (χ3n) is 2.33. The highest BCUT2D eigenvalue weighted by atomic mass is 14.9. The van der Waals surface area contributed by atoms with E-state index < -0.39 is 0 Å². The Labute approximate surface area is 91.9 Å². The summed E-state index contributed by atoms with van der Waals surface area (Å²) in [6, 6.07) is 12.5. The van der Waals surface area contributed by atoms with Gasteiger partial charge < -0.3 is 5.32 Å². The average molecular weight is 202 g/mol. The smallest absolute Gasteiger partial charge is 0.0635 e. The summed E-state index contributed by atoms with van der Waals surface area (Å²) in [5.74, 6) is 0. The van der Waals surface area contributed by atoms with E-state index in [1.807, 2.05) is 6.07 Å². The van der Waals surface area contributed by atoms with Crippen LogP contribution in [0, 0.1) is 11.3 Å². The first-order valence-electron chi connectivity index (χ1n) is 5.30. The van der Waals surface area contributed by atoms with Gasteiger partial charge in [0.05, 0.1) is 6.07 Å². The first kappa shape index (κ1) is 11.7. The summed E-state index contributed by atoms with van der Waals surface area (Å²) in [6.07, 6.45) is 1.55. The molecule has 15 heavy (non-hydrogen) atoms. The molecule has 0 aliphatic heterocycles. The molecule has 1 rings (SSSR count). The van der Waals surface area contributed by atoms with E-state index in [-0.39, 0.29) is 5.54 Å². The highest BCUT2D eigenvalue weighted by Crippen LogP contribution is 2.12. The van der Waals surface area contributed by atoms with Crippen molar-refractivity contribution in [2.24, 2.45) is 0 Å². The number of nitrogens with one attached hydrogen (secondary N) is 1. The van der Waals surface area contributed by atoms with Crippen molar-refractivity contribution in [2.45, 2.75) is 32.2 Å². The van der Waals surface area contributed by atoms with Gasteiger partial charge in [-0.15, -0.1) is 0 Å². The summed E-state index contributed by atoms with van der Waals surface area (Å²) < 4.78 is 0. The second-order valence-corrected chi connectivity index (χ2v) is 4.38. The Bertz CT molecular complexity index is 322. The summed E-state index contributed by atoms with van der Waals surface area (Å²) in [7, 11) is 0. The maximum absolute atomic E-state index is 8.46. The van der Waals surface area contributed by atoms with Gasteiger partial charge in [-0.3, -0.25) is 0 Å². The van der Waals surface area contributed by atoms with Crippen LogP contribution in [0.1, 0.15) is 25.8 Å².